The molecule has 0 unspecified atom stereocenters. The predicted molar refractivity (Wildman–Crippen MR) is 153 cm³/mol. The molecule has 2 rings (SSSR count). The molecule has 44 heavy (non-hydrogen) atoms. The number of hydrogen-bond donors (Lipinski definition) is 7. The number of aliphatic carboxylic acids is 3. The van der Waals surface area contributed by atoms with Crippen LogP contribution in [0.25, 0.3) is 0 Å². The summed E-state index contributed by atoms with van der Waals surface area (Å²) in [6.45, 7) is 0.942. The number of carbonyl (C=O) groups is 6. The number of nitrogens with two attached hydrogens (primary N) is 1. The summed E-state index contributed by atoms with van der Waals surface area (Å²) in [6.07, 6.45) is 0.607. The van der Waals surface area contributed by atoms with Crippen molar-refractivity contribution in [3.8, 4) is 5.75 Å². The largest absolute Gasteiger partial charge is 0.489 e. The summed E-state index contributed by atoms with van der Waals surface area (Å²) in [5, 5.41) is 34.5. The van der Waals surface area contributed by atoms with Crippen molar-refractivity contribution in [2.24, 2.45) is 5.73 Å². The highest BCUT2D eigenvalue weighted by Gasteiger charge is 2.24. The summed E-state index contributed by atoms with van der Waals surface area (Å²) in [5.74, 6) is -4.36. The summed E-state index contributed by atoms with van der Waals surface area (Å²) in [7, 11) is 0. The smallest absolute Gasteiger partial charge is 0.326 e. The number of carboxylic acids is 3. The molecule has 0 aliphatic rings. The van der Waals surface area contributed by atoms with Crippen LogP contribution >= 0.6 is 0 Å². The highest BCUT2D eigenvalue weighted by molar-refractivity contribution is 5.86. The van der Waals surface area contributed by atoms with Gasteiger partial charge < -0.3 is 46.2 Å². The van der Waals surface area contributed by atoms with Gasteiger partial charge in [-0.3, -0.25) is 19.2 Å². The maximum Gasteiger partial charge on any atom is 0.326 e. The van der Waals surface area contributed by atoms with Gasteiger partial charge in [-0.2, -0.15) is 0 Å². The minimum Gasteiger partial charge on any atom is -0.489 e. The second-order valence-electron chi connectivity index (χ2n) is 9.90. The summed E-state index contributed by atoms with van der Waals surface area (Å²) < 4.78 is 11.0. The van der Waals surface area contributed by atoms with Gasteiger partial charge in [-0.15, -0.1) is 0 Å². The molecular formula is C29H38N4O11. The van der Waals surface area contributed by atoms with Crippen molar-refractivity contribution in [3.63, 3.8) is 0 Å². The van der Waals surface area contributed by atoms with Crippen molar-refractivity contribution in [3.05, 3.63) is 53.5 Å². The first-order valence-corrected chi connectivity index (χ1v) is 14.0. The van der Waals surface area contributed by atoms with Crippen LogP contribution in [0.1, 0.15) is 61.8 Å². The van der Waals surface area contributed by atoms with Crippen LogP contribution < -0.4 is 26.4 Å². The Kier molecular flexibility index (Phi) is 14.9. The van der Waals surface area contributed by atoms with E-state index in [1.165, 1.54) is 0 Å². The van der Waals surface area contributed by atoms with E-state index in [1.54, 1.807) is 18.4 Å². The van der Waals surface area contributed by atoms with Gasteiger partial charge in [0.05, 0.1) is 12.8 Å². The molecule has 1 aromatic heterocycles. The Morgan fingerprint density at radius 1 is 0.795 bits per heavy atom. The third kappa shape index (κ3) is 13.8. The van der Waals surface area contributed by atoms with Crippen LogP contribution in [-0.4, -0.2) is 69.6 Å². The molecule has 0 radical (unpaired) electrons. The molecule has 2 atom stereocenters. The maximum atomic E-state index is 12.3. The molecule has 0 aliphatic heterocycles. The summed E-state index contributed by atoms with van der Waals surface area (Å²) >= 11 is 0. The molecular weight excluding hydrogens is 580 g/mol. The average Bonchev–Trinajstić information content (AvgIpc) is 3.44. The van der Waals surface area contributed by atoms with E-state index in [9.17, 15) is 39.0 Å². The van der Waals surface area contributed by atoms with Crippen molar-refractivity contribution in [2.45, 2.75) is 76.6 Å². The Balaban J connectivity index is 1.69. The van der Waals surface area contributed by atoms with Gasteiger partial charge in [-0.25, -0.2) is 9.59 Å². The lowest BCUT2D eigenvalue weighted by Gasteiger charge is -2.17. The lowest BCUT2D eigenvalue weighted by Crippen LogP contribution is -2.44. The number of carboxylic acid groups (broad SMARTS) is 3. The van der Waals surface area contributed by atoms with Gasteiger partial charge in [-0.05, 0) is 49.4 Å². The Bertz CT molecular complexity index is 1280. The molecule has 15 nitrogen and oxygen atoms in total. The molecule has 240 valence electrons. The number of furan rings is 1. The van der Waals surface area contributed by atoms with Crippen LogP contribution in [0, 0.1) is 0 Å². The van der Waals surface area contributed by atoms with Crippen LogP contribution in [0.4, 0.5) is 0 Å². The maximum absolute atomic E-state index is 12.3. The zero-order chi connectivity index (χ0) is 32.5. The number of hydrogen-bond acceptors (Lipinski definition) is 9. The third-order valence-electron chi connectivity index (χ3n) is 6.36. The lowest BCUT2D eigenvalue weighted by molar-refractivity contribution is -0.143. The van der Waals surface area contributed by atoms with Gasteiger partial charge in [0, 0.05) is 37.8 Å². The number of nitrogens with one attached hydrogen (secondary N) is 3. The molecule has 0 aliphatic carbocycles. The minimum absolute atomic E-state index is 0.0232. The quantitative estimate of drug-likeness (QED) is 0.103. The molecule has 1 heterocycles. The summed E-state index contributed by atoms with van der Waals surface area (Å²) in [5.41, 5.74) is 7.33. The number of rotatable bonds is 21. The number of ether oxygens (including phenoxy) is 1. The first kappa shape index (κ1) is 35.3. The Morgan fingerprint density at radius 3 is 1.93 bits per heavy atom. The molecule has 3 amide bonds. The van der Waals surface area contributed by atoms with Crippen molar-refractivity contribution in [1.82, 2.24) is 16.0 Å². The van der Waals surface area contributed by atoms with Gasteiger partial charge in [-0.1, -0.05) is 12.1 Å². The van der Waals surface area contributed by atoms with Gasteiger partial charge >= 0.3 is 17.9 Å². The lowest BCUT2D eigenvalue weighted by atomic mass is 10.1. The van der Waals surface area contributed by atoms with Crippen LogP contribution in [0.15, 0.2) is 41.0 Å². The fourth-order valence-electron chi connectivity index (χ4n) is 3.96. The van der Waals surface area contributed by atoms with Crippen LogP contribution in [0.2, 0.25) is 0 Å². The topological polar surface area (TPSA) is 248 Å². The summed E-state index contributed by atoms with van der Waals surface area (Å²) in [6, 6.07) is 6.35. The van der Waals surface area contributed by atoms with Crippen LogP contribution in [0.5, 0.6) is 5.75 Å². The molecule has 1 aromatic carbocycles. The van der Waals surface area contributed by atoms with E-state index < -0.39 is 54.1 Å². The normalized spacial score (nSPS) is 12.0. The first-order chi connectivity index (χ1) is 21.0. The Hall–Kier alpha value is -4.92. The molecule has 0 fully saturated rings. The van der Waals surface area contributed by atoms with Crippen molar-refractivity contribution in [1.29, 1.82) is 0 Å². The van der Waals surface area contributed by atoms with Crippen LogP contribution in [-0.2, 0) is 48.3 Å². The van der Waals surface area contributed by atoms with Crippen molar-refractivity contribution in [2.75, 3.05) is 6.54 Å². The molecule has 0 saturated heterocycles. The average molecular weight is 619 g/mol. The fourth-order valence-corrected chi connectivity index (χ4v) is 3.96. The van der Waals surface area contributed by atoms with E-state index in [2.05, 4.69) is 16.0 Å². The molecule has 0 spiro atoms. The van der Waals surface area contributed by atoms with E-state index in [0.717, 1.165) is 11.1 Å². The van der Waals surface area contributed by atoms with E-state index in [4.69, 9.17) is 20.0 Å². The SMILES string of the molecule is NCc1cc(COc2ccc(CCNC(=O)CC[C@@H](NC(=O)CC[C@H](NC(=O)CCCC(=O)O)C(=O)O)C(=O)O)cc2)co1. The standard InChI is InChI=1S/C29H38N4O11/c30-15-21-14-19(17-44-21)16-43-20-6-4-18(5-7-20)12-13-31-24(34)10-8-22(28(39)40)33-26(36)11-9-23(29(41)42)32-25(35)2-1-3-27(37)38/h4-7,14,17,22-23H,1-3,8-13,15-16,30H2,(H,31,34)(H,32,35)(H,33,36)(H,37,38)(H,39,40)(H,41,42)/t22-,23+/m1/s1. The zero-order valence-electron chi connectivity index (χ0n) is 24.1. The predicted octanol–water partition coefficient (Wildman–Crippen LogP) is 0.930. The fraction of sp³-hybridized carbons (Fsp3) is 0.448. The number of benzene rings is 1. The van der Waals surface area contributed by atoms with E-state index in [1.807, 2.05) is 18.2 Å². The summed E-state index contributed by atoms with van der Waals surface area (Å²) in [4.78, 5) is 69.9. The van der Waals surface area contributed by atoms with E-state index in [0.29, 0.717) is 37.6 Å². The van der Waals surface area contributed by atoms with Gasteiger partial charge in [0.1, 0.15) is 30.2 Å². The molecule has 15 heteroatoms. The minimum atomic E-state index is -1.41. The highest BCUT2D eigenvalue weighted by atomic mass is 16.5. The second-order valence-corrected chi connectivity index (χ2v) is 9.90. The van der Waals surface area contributed by atoms with Gasteiger partial charge in [0.2, 0.25) is 17.7 Å². The van der Waals surface area contributed by atoms with Gasteiger partial charge in [0.15, 0.2) is 0 Å². The highest BCUT2D eigenvalue weighted by Crippen LogP contribution is 2.16. The first-order valence-electron chi connectivity index (χ1n) is 14.0. The Morgan fingerprint density at radius 2 is 1.39 bits per heavy atom. The van der Waals surface area contributed by atoms with Crippen molar-refractivity contribution >= 4 is 35.6 Å². The number of carbonyl (C=O) groups excluding carboxylic acids is 3. The van der Waals surface area contributed by atoms with Crippen molar-refractivity contribution < 1.29 is 53.2 Å². The molecule has 2 aromatic rings. The monoisotopic (exact) mass is 618 g/mol. The molecule has 8 N–H and O–H groups in total. The Labute approximate surface area is 253 Å². The van der Waals surface area contributed by atoms with E-state index >= 15 is 0 Å². The third-order valence-corrected chi connectivity index (χ3v) is 6.36. The molecule has 0 bridgehead atoms. The van der Waals surface area contributed by atoms with E-state index in [-0.39, 0.29) is 38.5 Å². The van der Waals surface area contributed by atoms with Crippen LogP contribution in [0.3, 0.4) is 0 Å². The second kappa shape index (κ2) is 18.6. The number of amides is 3. The van der Waals surface area contributed by atoms with Gasteiger partial charge in [0.25, 0.3) is 0 Å². The zero-order valence-corrected chi connectivity index (χ0v) is 24.1. The molecule has 0 saturated carbocycles.